The van der Waals surface area contributed by atoms with Crippen LogP contribution in [0.25, 0.3) is 0 Å². The molecule has 0 aromatic heterocycles. The maximum Gasteiger partial charge on any atom is 0.0473 e. The van der Waals surface area contributed by atoms with Gasteiger partial charge in [-0.1, -0.05) is 6.42 Å². The van der Waals surface area contributed by atoms with Gasteiger partial charge in [-0.3, -0.25) is 4.90 Å². The minimum Gasteiger partial charge on any atom is -0.329 e. The lowest BCUT2D eigenvalue weighted by Crippen LogP contribution is -2.54. The zero-order valence-corrected chi connectivity index (χ0v) is 11.4. The van der Waals surface area contributed by atoms with Crippen LogP contribution >= 0.6 is 0 Å². The molecule has 0 radical (unpaired) electrons. The van der Waals surface area contributed by atoms with Crippen molar-refractivity contribution < 1.29 is 0 Å². The van der Waals surface area contributed by atoms with E-state index in [9.17, 15) is 0 Å². The predicted octanol–water partition coefficient (Wildman–Crippen LogP) is 1.14. The van der Waals surface area contributed by atoms with Crippen molar-refractivity contribution in [2.75, 3.05) is 33.2 Å². The molecule has 0 bridgehead atoms. The summed E-state index contributed by atoms with van der Waals surface area (Å²) >= 11 is 0. The molecule has 0 aromatic carbocycles. The fraction of sp³-hybridized carbons (Fsp3) is 1.00. The van der Waals surface area contributed by atoms with Crippen molar-refractivity contribution in [2.45, 2.75) is 44.2 Å². The third-order valence-electron chi connectivity index (χ3n) is 5.75. The highest BCUT2D eigenvalue weighted by molar-refractivity contribution is 5.06. The van der Waals surface area contributed by atoms with Crippen LogP contribution in [-0.4, -0.2) is 54.6 Å². The van der Waals surface area contributed by atoms with E-state index in [4.69, 9.17) is 5.73 Å². The first-order valence-corrected chi connectivity index (χ1v) is 7.30. The zero-order chi connectivity index (χ0) is 12.0. The lowest BCUT2D eigenvalue weighted by molar-refractivity contribution is 0.121. The van der Waals surface area contributed by atoms with Crippen molar-refractivity contribution in [3.8, 4) is 0 Å². The van der Waals surface area contributed by atoms with Gasteiger partial charge in [0, 0.05) is 37.8 Å². The number of likely N-dealkylation sites (N-methyl/N-ethyl adjacent to an activating group) is 1. The van der Waals surface area contributed by atoms with Crippen molar-refractivity contribution in [2.24, 2.45) is 17.6 Å². The SMILES string of the molecule is CC1CC(CN)(N2CC3CCCC3C2)CN1C. The molecule has 98 valence electrons. The van der Waals surface area contributed by atoms with Crippen LogP contribution in [0.5, 0.6) is 0 Å². The minimum absolute atomic E-state index is 0.290. The number of nitrogens with two attached hydrogens (primary N) is 1. The largest absolute Gasteiger partial charge is 0.329 e. The van der Waals surface area contributed by atoms with Crippen molar-refractivity contribution in [1.82, 2.24) is 9.80 Å². The molecule has 2 aliphatic heterocycles. The standard InChI is InChI=1S/C14H27N3/c1-11-6-14(9-15,10-16(11)2)17-7-12-4-3-5-13(12)8-17/h11-13H,3-10,15H2,1-2H3. The zero-order valence-electron chi connectivity index (χ0n) is 11.4. The van der Waals surface area contributed by atoms with E-state index < -0.39 is 0 Å². The first-order valence-electron chi connectivity index (χ1n) is 7.30. The summed E-state index contributed by atoms with van der Waals surface area (Å²) in [6.45, 7) is 6.99. The van der Waals surface area contributed by atoms with Crippen LogP contribution in [0.2, 0.25) is 0 Å². The molecule has 3 nitrogen and oxygen atoms in total. The van der Waals surface area contributed by atoms with Gasteiger partial charge in [-0.05, 0) is 45.1 Å². The Morgan fingerprint density at radius 1 is 1.24 bits per heavy atom. The number of hydrogen-bond donors (Lipinski definition) is 1. The Balaban J connectivity index is 1.74. The maximum atomic E-state index is 6.16. The highest BCUT2D eigenvalue weighted by Crippen LogP contribution is 2.42. The summed E-state index contributed by atoms with van der Waals surface area (Å²) < 4.78 is 0. The fourth-order valence-corrected chi connectivity index (χ4v) is 4.52. The molecule has 17 heavy (non-hydrogen) atoms. The first-order chi connectivity index (χ1) is 8.14. The molecule has 0 spiro atoms. The van der Waals surface area contributed by atoms with Crippen molar-refractivity contribution >= 4 is 0 Å². The van der Waals surface area contributed by atoms with Gasteiger partial charge in [-0.15, -0.1) is 0 Å². The van der Waals surface area contributed by atoms with Crippen LogP contribution < -0.4 is 5.73 Å². The monoisotopic (exact) mass is 237 g/mol. The Morgan fingerprint density at radius 3 is 2.35 bits per heavy atom. The number of rotatable bonds is 2. The molecule has 4 unspecified atom stereocenters. The van der Waals surface area contributed by atoms with Crippen LogP contribution in [0.15, 0.2) is 0 Å². The van der Waals surface area contributed by atoms with E-state index in [-0.39, 0.29) is 0 Å². The van der Waals surface area contributed by atoms with E-state index in [0.29, 0.717) is 11.6 Å². The molecule has 1 saturated carbocycles. The van der Waals surface area contributed by atoms with Gasteiger partial charge in [0.1, 0.15) is 0 Å². The van der Waals surface area contributed by atoms with Crippen molar-refractivity contribution in [3.63, 3.8) is 0 Å². The van der Waals surface area contributed by atoms with Crippen LogP contribution in [-0.2, 0) is 0 Å². The lowest BCUT2D eigenvalue weighted by Gasteiger charge is -2.38. The Labute approximate surface area is 105 Å². The smallest absolute Gasteiger partial charge is 0.0473 e. The Kier molecular flexibility index (Phi) is 2.96. The second-order valence-corrected chi connectivity index (χ2v) is 6.75. The quantitative estimate of drug-likeness (QED) is 0.782. The second kappa shape index (κ2) is 4.22. The van der Waals surface area contributed by atoms with E-state index in [1.165, 1.54) is 45.3 Å². The molecule has 0 amide bonds. The third-order valence-corrected chi connectivity index (χ3v) is 5.75. The normalized spacial score (nSPS) is 47.8. The summed E-state index contributed by atoms with van der Waals surface area (Å²) in [6, 6.07) is 0.694. The van der Waals surface area contributed by atoms with Gasteiger partial charge in [0.25, 0.3) is 0 Å². The molecule has 2 saturated heterocycles. The maximum absolute atomic E-state index is 6.16. The van der Waals surface area contributed by atoms with Crippen LogP contribution in [0.1, 0.15) is 32.6 Å². The molecular formula is C14H27N3. The van der Waals surface area contributed by atoms with Gasteiger partial charge in [-0.2, -0.15) is 0 Å². The van der Waals surface area contributed by atoms with Crippen LogP contribution in [0.4, 0.5) is 0 Å². The summed E-state index contributed by atoms with van der Waals surface area (Å²) in [5.41, 5.74) is 6.45. The highest BCUT2D eigenvalue weighted by atomic mass is 15.3. The molecule has 0 aromatic rings. The van der Waals surface area contributed by atoms with Crippen molar-refractivity contribution in [3.05, 3.63) is 0 Å². The molecule has 3 fully saturated rings. The Morgan fingerprint density at radius 2 is 1.88 bits per heavy atom. The summed E-state index contributed by atoms with van der Waals surface area (Å²) in [4.78, 5) is 5.24. The average molecular weight is 237 g/mol. The Bertz CT molecular complexity index is 269. The molecule has 2 N–H and O–H groups in total. The molecule has 3 heteroatoms. The van der Waals surface area contributed by atoms with Gasteiger partial charge in [0.15, 0.2) is 0 Å². The van der Waals surface area contributed by atoms with Crippen LogP contribution in [0.3, 0.4) is 0 Å². The molecular weight excluding hydrogens is 210 g/mol. The van der Waals surface area contributed by atoms with Gasteiger partial charge >= 0.3 is 0 Å². The van der Waals surface area contributed by atoms with Gasteiger partial charge in [0.2, 0.25) is 0 Å². The van der Waals surface area contributed by atoms with E-state index in [0.717, 1.165) is 18.4 Å². The minimum atomic E-state index is 0.290. The van der Waals surface area contributed by atoms with E-state index in [2.05, 4.69) is 23.8 Å². The number of nitrogens with zero attached hydrogens (tertiary/aromatic N) is 2. The predicted molar refractivity (Wildman–Crippen MR) is 70.9 cm³/mol. The van der Waals surface area contributed by atoms with E-state index in [1.807, 2.05) is 0 Å². The highest BCUT2D eigenvalue weighted by Gasteiger charge is 2.49. The molecule has 3 rings (SSSR count). The average Bonchev–Trinajstić information content (AvgIpc) is 2.92. The molecule has 1 aliphatic carbocycles. The van der Waals surface area contributed by atoms with E-state index in [1.54, 1.807) is 0 Å². The summed E-state index contributed by atoms with van der Waals surface area (Å²) in [7, 11) is 2.25. The van der Waals surface area contributed by atoms with Crippen molar-refractivity contribution in [1.29, 1.82) is 0 Å². The lowest BCUT2D eigenvalue weighted by atomic mass is 9.94. The molecule has 3 aliphatic rings. The number of hydrogen-bond acceptors (Lipinski definition) is 3. The summed E-state index contributed by atoms with van der Waals surface area (Å²) in [6.07, 6.45) is 5.66. The molecule has 4 atom stereocenters. The van der Waals surface area contributed by atoms with Gasteiger partial charge in [-0.25, -0.2) is 0 Å². The summed E-state index contributed by atoms with van der Waals surface area (Å²) in [5, 5.41) is 0. The molecule has 2 heterocycles. The topological polar surface area (TPSA) is 32.5 Å². The van der Waals surface area contributed by atoms with Gasteiger partial charge in [0.05, 0.1) is 0 Å². The number of fused-ring (bicyclic) bond motifs is 1. The third kappa shape index (κ3) is 1.83. The van der Waals surface area contributed by atoms with Gasteiger partial charge < -0.3 is 10.6 Å². The van der Waals surface area contributed by atoms with Crippen LogP contribution in [0, 0.1) is 11.8 Å². The summed E-state index contributed by atoms with van der Waals surface area (Å²) in [5.74, 6) is 1.97. The number of likely N-dealkylation sites (tertiary alicyclic amines) is 2. The fourth-order valence-electron chi connectivity index (χ4n) is 4.52. The Hall–Kier alpha value is -0.120. The van der Waals surface area contributed by atoms with E-state index >= 15 is 0 Å². The first kappa shape index (κ1) is 11.9. The second-order valence-electron chi connectivity index (χ2n) is 6.75.